The molecule has 1 saturated heterocycles. The van der Waals surface area contributed by atoms with Crippen molar-refractivity contribution in [1.82, 2.24) is 4.90 Å². The van der Waals surface area contributed by atoms with Gasteiger partial charge in [-0.3, -0.25) is 4.79 Å². The van der Waals surface area contributed by atoms with Crippen molar-refractivity contribution in [2.24, 2.45) is 22.2 Å². The van der Waals surface area contributed by atoms with Gasteiger partial charge in [-0.25, -0.2) is 0 Å². The standard InChI is InChI=1S/C11H21N3O2/c1-11(2,3)8-4-5-14(7-8)10(15)6-9(12)13-16/h8,16H,4-7H2,1-3H3,(H2,12,13). The summed E-state index contributed by atoms with van der Waals surface area (Å²) >= 11 is 0. The Labute approximate surface area is 96.3 Å². The number of hydrogen-bond acceptors (Lipinski definition) is 3. The summed E-state index contributed by atoms with van der Waals surface area (Å²) in [7, 11) is 0. The maximum absolute atomic E-state index is 11.7. The molecule has 0 aromatic rings. The zero-order chi connectivity index (χ0) is 12.3. The van der Waals surface area contributed by atoms with Crippen LogP contribution in [0.15, 0.2) is 5.16 Å². The van der Waals surface area contributed by atoms with Gasteiger partial charge in [-0.1, -0.05) is 25.9 Å². The fourth-order valence-electron chi connectivity index (χ4n) is 2.00. The summed E-state index contributed by atoms with van der Waals surface area (Å²) < 4.78 is 0. The van der Waals surface area contributed by atoms with Crippen LogP contribution in [-0.2, 0) is 4.79 Å². The largest absolute Gasteiger partial charge is 0.409 e. The molecule has 1 atom stereocenters. The van der Waals surface area contributed by atoms with Crippen LogP contribution in [0.25, 0.3) is 0 Å². The van der Waals surface area contributed by atoms with Gasteiger partial charge < -0.3 is 15.8 Å². The number of likely N-dealkylation sites (tertiary alicyclic amines) is 1. The van der Waals surface area contributed by atoms with Crippen molar-refractivity contribution >= 4 is 11.7 Å². The number of rotatable bonds is 2. The quantitative estimate of drug-likeness (QED) is 0.320. The van der Waals surface area contributed by atoms with E-state index in [1.165, 1.54) is 0 Å². The maximum atomic E-state index is 11.7. The second-order valence-corrected chi connectivity index (χ2v) is 5.46. The lowest BCUT2D eigenvalue weighted by atomic mass is 9.80. The van der Waals surface area contributed by atoms with Gasteiger partial charge in [-0.15, -0.1) is 0 Å². The molecule has 1 unspecified atom stereocenters. The Bertz CT molecular complexity index is 294. The van der Waals surface area contributed by atoms with Crippen LogP contribution in [0.2, 0.25) is 0 Å². The first kappa shape index (κ1) is 12.8. The SMILES string of the molecule is CC(C)(C)C1CCN(C(=O)CC(N)=NO)C1. The van der Waals surface area contributed by atoms with Crippen LogP contribution in [-0.4, -0.2) is 34.9 Å². The summed E-state index contributed by atoms with van der Waals surface area (Å²) in [6.45, 7) is 8.13. The lowest BCUT2D eigenvalue weighted by Crippen LogP contribution is -2.33. The summed E-state index contributed by atoms with van der Waals surface area (Å²) in [4.78, 5) is 13.5. The molecule has 16 heavy (non-hydrogen) atoms. The summed E-state index contributed by atoms with van der Waals surface area (Å²) in [6, 6.07) is 0. The third-order valence-corrected chi connectivity index (χ3v) is 3.23. The van der Waals surface area contributed by atoms with E-state index in [-0.39, 0.29) is 23.6 Å². The monoisotopic (exact) mass is 227 g/mol. The van der Waals surface area contributed by atoms with E-state index in [4.69, 9.17) is 10.9 Å². The molecule has 3 N–H and O–H groups in total. The molecule has 0 aliphatic carbocycles. The van der Waals surface area contributed by atoms with E-state index in [0.29, 0.717) is 5.92 Å². The molecule has 0 radical (unpaired) electrons. The van der Waals surface area contributed by atoms with E-state index in [9.17, 15) is 4.79 Å². The maximum Gasteiger partial charge on any atom is 0.230 e. The van der Waals surface area contributed by atoms with E-state index in [1.807, 2.05) is 0 Å². The number of oxime groups is 1. The second-order valence-electron chi connectivity index (χ2n) is 5.46. The van der Waals surface area contributed by atoms with Crippen LogP contribution < -0.4 is 5.73 Å². The molecule has 5 heteroatoms. The minimum Gasteiger partial charge on any atom is -0.409 e. The summed E-state index contributed by atoms with van der Waals surface area (Å²) in [5.74, 6) is 0.454. The van der Waals surface area contributed by atoms with Crippen LogP contribution >= 0.6 is 0 Å². The van der Waals surface area contributed by atoms with Crippen LogP contribution in [0.5, 0.6) is 0 Å². The molecule has 5 nitrogen and oxygen atoms in total. The lowest BCUT2D eigenvalue weighted by Gasteiger charge is -2.26. The predicted octanol–water partition coefficient (Wildman–Crippen LogP) is 1.02. The topological polar surface area (TPSA) is 78.9 Å². The highest BCUT2D eigenvalue weighted by Crippen LogP contribution is 2.33. The Morgan fingerprint density at radius 1 is 1.56 bits per heavy atom. The average molecular weight is 227 g/mol. The lowest BCUT2D eigenvalue weighted by molar-refractivity contribution is -0.129. The molecule has 0 spiro atoms. The third kappa shape index (κ3) is 3.12. The Hall–Kier alpha value is -1.26. The third-order valence-electron chi connectivity index (χ3n) is 3.23. The number of nitrogens with two attached hydrogens (primary N) is 1. The van der Waals surface area contributed by atoms with Gasteiger partial charge in [0.2, 0.25) is 5.91 Å². The Morgan fingerprint density at radius 2 is 2.19 bits per heavy atom. The smallest absolute Gasteiger partial charge is 0.230 e. The van der Waals surface area contributed by atoms with E-state index in [1.54, 1.807) is 4.90 Å². The first-order valence-electron chi connectivity index (χ1n) is 5.58. The van der Waals surface area contributed by atoms with Gasteiger partial charge >= 0.3 is 0 Å². The molecule has 1 aliphatic rings. The fourth-order valence-corrected chi connectivity index (χ4v) is 2.00. The zero-order valence-electron chi connectivity index (χ0n) is 10.2. The highest BCUT2D eigenvalue weighted by Gasteiger charge is 2.33. The average Bonchev–Trinajstić information content (AvgIpc) is 2.65. The van der Waals surface area contributed by atoms with Crippen molar-refractivity contribution < 1.29 is 10.0 Å². The molecule has 0 bridgehead atoms. The number of nitrogens with zero attached hydrogens (tertiary/aromatic N) is 2. The number of carbonyl (C=O) groups is 1. The van der Waals surface area contributed by atoms with Gasteiger partial charge in [0.05, 0.1) is 6.42 Å². The van der Waals surface area contributed by atoms with E-state index in [2.05, 4.69) is 25.9 Å². The summed E-state index contributed by atoms with van der Waals surface area (Å²) in [6.07, 6.45) is 1.04. The molecule has 1 amide bonds. The number of amidine groups is 1. The second kappa shape index (κ2) is 4.72. The molecular weight excluding hydrogens is 206 g/mol. The molecule has 1 aliphatic heterocycles. The number of hydrogen-bond donors (Lipinski definition) is 2. The van der Waals surface area contributed by atoms with Crippen molar-refractivity contribution in [3.63, 3.8) is 0 Å². The zero-order valence-corrected chi connectivity index (χ0v) is 10.2. The number of carbonyl (C=O) groups excluding carboxylic acids is 1. The van der Waals surface area contributed by atoms with Gasteiger partial charge in [0.1, 0.15) is 5.84 Å². The first-order chi connectivity index (χ1) is 7.34. The van der Waals surface area contributed by atoms with Crippen LogP contribution in [0.1, 0.15) is 33.6 Å². The van der Waals surface area contributed by atoms with E-state index >= 15 is 0 Å². The van der Waals surface area contributed by atoms with Crippen molar-refractivity contribution in [3.05, 3.63) is 0 Å². The minimum absolute atomic E-state index is 0.00730. The van der Waals surface area contributed by atoms with Crippen LogP contribution in [0, 0.1) is 11.3 Å². The van der Waals surface area contributed by atoms with Gasteiger partial charge in [-0.05, 0) is 17.8 Å². The van der Waals surface area contributed by atoms with E-state index < -0.39 is 0 Å². The summed E-state index contributed by atoms with van der Waals surface area (Å²) in [5.41, 5.74) is 5.54. The minimum atomic E-state index is -0.0537. The Morgan fingerprint density at radius 3 is 2.62 bits per heavy atom. The predicted molar refractivity (Wildman–Crippen MR) is 62.2 cm³/mol. The molecular formula is C11H21N3O2. The van der Waals surface area contributed by atoms with Gasteiger partial charge in [0, 0.05) is 13.1 Å². The van der Waals surface area contributed by atoms with E-state index in [0.717, 1.165) is 19.5 Å². The molecule has 0 aromatic heterocycles. The van der Waals surface area contributed by atoms with Crippen LogP contribution in [0.4, 0.5) is 0 Å². The first-order valence-corrected chi connectivity index (χ1v) is 5.58. The molecule has 0 saturated carbocycles. The van der Waals surface area contributed by atoms with Gasteiger partial charge in [-0.2, -0.15) is 0 Å². The highest BCUT2D eigenvalue weighted by atomic mass is 16.4. The van der Waals surface area contributed by atoms with Crippen molar-refractivity contribution in [2.45, 2.75) is 33.6 Å². The van der Waals surface area contributed by atoms with Gasteiger partial charge in [0.25, 0.3) is 0 Å². The normalized spacial score (nSPS) is 22.6. The van der Waals surface area contributed by atoms with Crippen molar-refractivity contribution in [2.75, 3.05) is 13.1 Å². The molecule has 1 heterocycles. The molecule has 1 fully saturated rings. The van der Waals surface area contributed by atoms with Crippen LogP contribution in [0.3, 0.4) is 0 Å². The van der Waals surface area contributed by atoms with Crippen molar-refractivity contribution in [1.29, 1.82) is 0 Å². The fraction of sp³-hybridized carbons (Fsp3) is 0.818. The number of amides is 1. The molecule has 0 aromatic carbocycles. The van der Waals surface area contributed by atoms with Gasteiger partial charge in [0.15, 0.2) is 0 Å². The van der Waals surface area contributed by atoms with Crippen molar-refractivity contribution in [3.8, 4) is 0 Å². The Kier molecular flexibility index (Phi) is 3.78. The Balaban J connectivity index is 2.50. The summed E-state index contributed by atoms with van der Waals surface area (Å²) in [5, 5.41) is 11.2. The highest BCUT2D eigenvalue weighted by molar-refractivity contribution is 5.98. The molecule has 1 rings (SSSR count). The molecule has 92 valence electrons.